The van der Waals surface area contributed by atoms with E-state index in [2.05, 4.69) is 46.3 Å². The maximum absolute atomic E-state index is 5.87. The maximum atomic E-state index is 5.87. The third-order valence-electron chi connectivity index (χ3n) is 2.63. The summed E-state index contributed by atoms with van der Waals surface area (Å²) in [6, 6.07) is 6.45. The lowest BCUT2D eigenvalue weighted by Crippen LogP contribution is -2.22. The van der Waals surface area contributed by atoms with E-state index in [9.17, 15) is 0 Å². The number of nitrogens with zero attached hydrogens (tertiary/aromatic N) is 2. The Hall–Kier alpha value is -1.33. The molecule has 2 aromatic rings. The molecule has 2 rings (SSSR count). The molecule has 0 spiro atoms. The summed E-state index contributed by atoms with van der Waals surface area (Å²) in [6.07, 6.45) is 3.56. The highest BCUT2D eigenvalue weighted by Crippen LogP contribution is 2.27. The molecule has 19 heavy (non-hydrogen) atoms. The van der Waals surface area contributed by atoms with Crippen LogP contribution in [-0.4, -0.2) is 15.8 Å². The predicted octanol–water partition coefficient (Wildman–Crippen LogP) is 3.47. The van der Waals surface area contributed by atoms with Gasteiger partial charge in [-0.25, -0.2) is 0 Å². The molecule has 0 aliphatic carbocycles. The Kier molecular flexibility index (Phi) is 4.61. The molecule has 0 aliphatic rings. The lowest BCUT2D eigenvalue weighted by molar-refractivity contribution is 0.468. The number of hydrogen-bond donors (Lipinski definition) is 1. The highest BCUT2D eigenvalue weighted by atomic mass is 79.9. The van der Waals surface area contributed by atoms with Gasteiger partial charge in [-0.3, -0.25) is 4.68 Å². The monoisotopic (exact) mass is 323 g/mol. The van der Waals surface area contributed by atoms with E-state index in [1.807, 2.05) is 25.4 Å². The molecule has 4 nitrogen and oxygen atoms in total. The largest absolute Gasteiger partial charge is 0.454 e. The molecule has 0 atom stereocenters. The first-order valence-corrected chi connectivity index (χ1v) is 7.02. The highest BCUT2D eigenvalue weighted by Gasteiger charge is 2.07. The van der Waals surface area contributed by atoms with Crippen LogP contribution in [0.2, 0.25) is 0 Å². The van der Waals surface area contributed by atoms with Crippen LogP contribution in [0.5, 0.6) is 11.5 Å². The summed E-state index contributed by atoms with van der Waals surface area (Å²) in [6.45, 7) is 5.02. The molecule has 0 radical (unpaired) electrons. The molecule has 0 unspecified atom stereocenters. The van der Waals surface area contributed by atoms with Crippen LogP contribution in [-0.2, 0) is 13.6 Å². The van der Waals surface area contributed by atoms with Crippen molar-refractivity contribution in [2.24, 2.45) is 7.05 Å². The van der Waals surface area contributed by atoms with Crippen LogP contribution in [0.25, 0.3) is 0 Å². The summed E-state index contributed by atoms with van der Waals surface area (Å²) in [4.78, 5) is 0. The van der Waals surface area contributed by atoms with Crippen LogP contribution in [0.4, 0.5) is 0 Å². The Morgan fingerprint density at radius 3 is 2.84 bits per heavy atom. The predicted molar refractivity (Wildman–Crippen MR) is 79.4 cm³/mol. The van der Waals surface area contributed by atoms with E-state index in [4.69, 9.17) is 4.74 Å². The summed E-state index contributed by atoms with van der Waals surface area (Å²) in [5, 5.41) is 7.50. The molecule has 0 amide bonds. The highest BCUT2D eigenvalue weighted by molar-refractivity contribution is 9.10. The molecule has 0 fully saturated rings. The quantitative estimate of drug-likeness (QED) is 0.915. The number of hydrogen-bond acceptors (Lipinski definition) is 3. The number of aryl methyl sites for hydroxylation is 1. The van der Waals surface area contributed by atoms with E-state index in [-0.39, 0.29) is 0 Å². The second-order valence-corrected chi connectivity index (χ2v) is 5.66. The fourth-order valence-electron chi connectivity index (χ4n) is 1.68. The third-order valence-corrected chi connectivity index (χ3v) is 3.13. The van der Waals surface area contributed by atoms with Crippen molar-refractivity contribution in [3.8, 4) is 11.5 Å². The van der Waals surface area contributed by atoms with Gasteiger partial charge in [0.2, 0.25) is 0 Å². The van der Waals surface area contributed by atoms with Gasteiger partial charge in [0.25, 0.3) is 0 Å². The van der Waals surface area contributed by atoms with Crippen molar-refractivity contribution in [1.29, 1.82) is 0 Å². The molecule has 0 aliphatic heterocycles. The fourth-order valence-corrected chi connectivity index (χ4v) is 2.09. The van der Waals surface area contributed by atoms with Crippen molar-refractivity contribution in [2.45, 2.75) is 26.4 Å². The second-order valence-electron chi connectivity index (χ2n) is 4.74. The van der Waals surface area contributed by atoms with Crippen molar-refractivity contribution >= 4 is 15.9 Å². The smallest absolute Gasteiger partial charge is 0.165 e. The zero-order chi connectivity index (χ0) is 13.8. The second kappa shape index (κ2) is 6.21. The summed E-state index contributed by atoms with van der Waals surface area (Å²) in [5.74, 6) is 1.60. The zero-order valence-electron chi connectivity index (χ0n) is 11.4. The summed E-state index contributed by atoms with van der Waals surface area (Å²) in [7, 11) is 1.87. The minimum Gasteiger partial charge on any atom is -0.454 e. The zero-order valence-corrected chi connectivity index (χ0v) is 12.9. The van der Waals surface area contributed by atoms with Crippen molar-refractivity contribution in [1.82, 2.24) is 15.1 Å². The van der Waals surface area contributed by atoms with Gasteiger partial charge in [0.15, 0.2) is 5.75 Å². The first kappa shape index (κ1) is 14.1. The van der Waals surface area contributed by atoms with Crippen LogP contribution < -0.4 is 10.1 Å². The Morgan fingerprint density at radius 2 is 2.21 bits per heavy atom. The minimum atomic E-state index is 0.435. The van der Waals surface area contributed by atoms with Gasteiger partial charge >= 0.3 is 0 Å². The van der Waals surface area contributed by atoms with Gasteiger partial charge in [-0.05, 0) is 18.2 Å². The Bertz CT molecular complexity index is 551. The Balaban J connectivity index is 2.18. The Morgan fingerprint density at radius 1 is 1.42 bits per heavy atom. The van der Waals surface area contributed by atoms with E-state index >= 15 is 0 Å². The summed E-state index contributed by atoms with van der Waals surface area (Å²) < 4.78 is 8.64. The molecular formula is C14H18BrN3O. The SMILES string of the molecule is CC(C)NCc1cc(Br)ccc1Oc1cnn(C)c1. The molecule has 5 heteroatoms. The van der Waals surface area contributed by atoms with E-state index in [0.717, 1.165) is 28.1 Å². The number of ether oxygens (including phenoxy) is 1. The average Bonchev–Trinajstić information content (AvgIpc) is 2.75. The topological polar surface area (TPSA) is 39.1 Å². The van der Waals surface area contributed by atoms with Gasteiger partial charge in [0, 0.05) is 29.7 Å². The molecule has 102 valence electrons. The van der Waals surface area contributed by atoms with Crippen molar-refractivity contribution < 1.29 is 4.74 Å². The minimum absolute atomic E-state index is 0.435. The molecule has 0 bridgehead atoms. The van der Waals surface area contributed by atoms with E-state index in [0.29, 0.717) is 6.04 Å². The van der Waals surface area contributed by atoms with Gasteiger partial charge in [-0.2, -0.15) is 5.10 Å². The number of nitrogens with one attached hydrogen (secondary N) is 1. The molecule has 1 N–H and O–H groups in total. The average molecular weight is 324 g/mol. The van der Waals surface area contributed by atoms with Gasteiger partial charge in [-0.15, -0.1) is 0 Å². The van der Waals surface area contributed by atoms with Crippen LogP contribution in [0.1, 0.15) is 19.4 Å². The van der Waals surface area contributed by atoms with Crippen molar-refractivity contribution in [3.05, 3.63) is 40.6 Å². The van der Waals surface area contributed by atoms with Crippen LogP contribution in [0, 0.1) is 0 Å². The third kappa shape index (κ3) is 4.08. The van der Waals surface area contributed by atoms with Gasteiger partial charge in [-0.1, -0.05) is 29.8 Å². The van der Waals surface area contributed by atoms with Crippen LogP contribution in [0.3, 0.4) is 0 Å². The molecule has 0 saturated heterocycles. The lowest BCUT2D eigenvalue weighted by Gasteiger charge is -2.13. The number of aromatic nitrogens is 2. The summed E-state index contributed by atoms with van der Waals surface area (Å²) in [5.41, 5.74) is 1.12. The maximum Gasteiger partial charge on any atom is 0.165 e. The Labute approximate surface area is 121 Å². The van der Waals surface area contributed by atoms with Gasteiger partial charge < -0.3 is 10.1 Å². The molecule has 1 aromatic carbocycles. The standard InChI is InChI=1S/C14H18BrN3O/c1-10(2)16-7-11-6-12(15)4-5-14(11)19-13-8-17-18(3)9-13/h4-6,8-10,16H,7H2,1-3H3. The molecule has 1 heterocycles. The van der Waals surface area contributed by atoms with Crippen molar-refractivity contribution in [3.63, 3.8) is 0 Å². The number of rotatable bonds is 5. The molecule has 0 saturated carbocycles. The number of halogens is 1. The van der Waals surface area contributed by atoms with Crippen LogP contribution >= 0.6 is 15.9 Å². The fraction of sp³-hybridized carbons (Fsp3) is 0.357. The summed E-state index contributed by atoms with van der Waals surface area (Å²) >= 11 is 3.49. The lowest BCUT2D eigenvalue weighted by atomic mass is 10.2. The first-order chi connectivity index (χ1) is 9.04. The van der Waals surface area contributed by atoms with Crippen molar-refractivity contribution in [2.75, 3.05) is 0 Å². The van der Waals surface area contributed by atoms with E-state index in [1.165, 1.54) is 0 Å². The van der Waals surface area contributed by atoms with E-state index < -0.39 is 0 Å². The molecule has 1 aromatic heterocycles. The molecular weight excluding hydrogens is 306 g/mol. The van der Waals surface area contributed by atoms with Crippen LogP contribution in [0.15, 0.2) is 35.1 Å². The van der Waals surface area contributed by atoms with E-state index in [1.54, 1.807) is 10.9 Å². The number of benzene rings is 1. The van der Waals surface area contributed by atoms with Gasteiger partial charge in [0.1, 0.15) is 5.75 Å². The first-order valence-electron chi connectivity index (χ1n) is 6.23. The van der Waals surface area contributed by atoms with Gasteiger partial charge in [0.05, 0.1) is 12.4 Å². The normalized spacial score (nSPS) is 11.0.